The molecule has 2 aromatic heterocycles. The minimum atomic E-state index is -5.03. The molecule has 0 spiro atoms. The number of thiazole rings is 1. The van der Waals surface area contributed by atoms with E-state index in [1.165, 1.54) is 23.9 Å². The fourth-order valence-corrected chi connectivity index (χ4v) is 6.35. The van der Waals surface area contributed by atoms with Crippen molar-refractivity contribution in [3.8, 4) is 5.75 Å². The number of halogens is 2. The lowest BCUT2D eigenvalue weighted by Gasteiger charge is -2.36. The molecule has 0 radical (unpaired) electrons. The third kappa shape index (κ3) is 8.81. The number of pyridine rings is 1. The number of alkyl halides is 2. The molecule has 56 heavy (non-hydrogen) atoms. The normalized spacial score (nSPS) is 16.1. The Bertz CT molecular complexity index is 2280. The molecule has 0 aliphatic carbocycles. The Morgan fingerprint density at radius 2 is 1.86 bits per heavy atom. The Balaban J connectivity index is 1.17. The van der Waals surface area contributed by atoms with Crippen molar-refractivity contribution in [2.24, 2.45) is 5.16 Å². The summed E-state index contributed by atoms with van der Waals surface area (Å²) in [6.07, 6.45) is -3.38. The maximum absolute atomic E-state index is 13.3. The molecule has 1 unspecified atom stereocenters. The summed E-state index contributed by atoms with van der Waals surface area (Å²) in [4.78, 5) is 100. The third-order valence-electron chi connectivity index (χ3n) is 7.74. The summed E-state index contributed by atoms with van der Waals surface area (Å²) in [5, 5.41) is 17.4. The first-order valence-corrected chi connectivity index (χ1v) is 18.1. The number of amides is 7. The van der Waals surface area contributed by atoms with Gasteiger partial charge in [-0.25, -0.2) is 42.2 Å². The van der Waals surface area contributed by atoms with E-state index < -0.39 is 112 Å². The number of ether oxygens (including phenoxy) is 1. The van der Waals surface area contributed by atoms with Crippen molar-refractivity contribution in [2.45, 2.75) is 38.5 Å². The number of hydrazine groups is 1. The number of likely N-dealkylation sites (tertiary alicyclic amines) is 1. The second-order valence-electron chi connectivity index (χ2n) is 12.1. The zero-order valence-corrected chi connectivity index (χ0v) is 30.5. The number of imide groups is 1. The first-order chi connectivity index (χ1) is 26.3. The molecule has 298 valence electrons. The van der Waals surface area contributed by atoms with Crippen LogP contribution in [-0.4, -0.2) is 110 Å². The Morgan fingerprint density at radius 3 is 2.48 bits per heavy atom. The van der Waals surface area contributed by atoms with Crippen molar-refractivity contribution in [1.82, 2.24) is 39.6 Å². The lowest BCUT2D eigenvalue weighted by Crippen LogP contribution is -2.68. The van der Waals surface area contributed by atoms with E-state index in [9.17, 15) is 55.9 Å². The van der Waals surface area contributed by atoms with E-state index in [4.69, 9.17) is 15.3 Å². The Hall–Kier alpha value is -6.70. The second kappa shape index (κ2) is 16.0. The molecule has 2 aliphatic heterocycles. The van der Waals surface area contributed by atoms with Crippen molar-refractivity contribution in [3.05, 3.63) is 74.6 Å². The van der Waals surface area contributed by atoms with Crippen molar-refractivity contribution in [2.75, 3.05) is 25.4 Å². The number of esters is 1. The molecule has 7 amide bonds. The number of nitrogens with two attached hydrogens (primary N) is 1. The quantitative estimate of drug-likeness (QED) is 0.0557. The number of hydrogen-bond donors (Lipinski definition) is 6. The van der Waals surface area contributed by atoms with Gasteiger partial charge in [0.1, 0.15) is 29.7 Å². The summed E-state index contributed by atoms with van der Waals surface area (Å²) in [6.45, 7) is 0.864. The van der Waals surface area contributed by atoms with Gasteiger partial charge in [0.25, 0.3) is 24.1 Å². The predicted octanol–water partition coefficient (Wildman–Crippen LogP) is -0.336. The van der Waals surface area contributed by atoms with Crippen LogP contribution in [0.25, 0.3) is 0 Å². The average Bonchev–Trinajstić information content (AvgIpc) is 3.74. The molecular weight excluding hydrogens is 795 g/mol. The van der Waals surface area contributed by atoms with E-state index in [0.717, 1.165) is 11.3 Å². The number of benzene rings is 1. The zero-order chi connectivity index (χ0) is 41.1. The van der Waals surface area contributed by atoms with Crippen LogP contribution in [0.5, 0.6) is 5.75 Å². The molecule has 26 heteroatoms. The van der Waals surface area contributed by atoms with E-state index in [1.807, 2.05) is 10.4 Å². The number of aromatic amines is 1. The number of H-pyrrole nitrogens is 1. The largest absolute Gasteiger partial charge is 0.503 e. The summed E-state index contributed by atoms with van der Waals surface area (Å²) in [6, 6.07) is 4.90. The monoisotopic (exact) mass is 824 g/mol. The number of nitrogen functional groups attached to an aromatic ring is 1. The number of urea groups is 2. The first kappa shape index (κ1) is 40.5. The molecule has 22 nitrogen and oxygen atoms in total. The number of aromatic nitrogens is 2. The van der Waals surface area contributed by atoms with E-state index in [0.29, 0.717) is 21.5 Å². The lowest BCUT2D eigenvalue weighted by atomic mass is 10.1. The van der Waals surface area contributed by atoms with Crippen molar-refractivity contribution in [1.29, 1.82) is 0 Å². The standard InChI is InChI=1S/C30H30F2N10O12S2/c1-30(2,26(48)53-12-14-6-4-3-5-7-14)54-38-19(17-13-55-27(33)36-17)24(46)35-16-11-40(25(16)47)28(49)39-56(51,52)42-9-8-41(29(42)50)37-23(45)15-10-18(43)21(44)20(34-15)22(31)32/h3-7,10,13,16,22,44H,8-9,11-12H2,1-2H3,(H2,33,36)(H,34,43)(H,35,46)(H,37,45)(H,39,49)/b38-19-. The molecule has 3 aromatic rings. The van der Waals surface area contributed by atoms with Gasteiger partial charge in [-0.05, 0) is 19.4 Å². The van der Waals surface area contributed by atoms with Gasteiger partial charge >= 0.3 is 28.2 Å². The molecule has 0 bridgehead atoms. The topological polar surface area (TPSA) is 305 Å². The first-order valence-electron chi connectivity index (χ1n) is 15.8. The second-order valence-corrected chi connectivity index (χ2v) is 14.6. The number of carbonyl (C=O) groups is 6. The van der Waals surface area contributed by atoms with Gasteiger partial charge in [0.05, 0.1) is 19.6 Å². The fourth-order valence-electron chi connectivity index (χ4n) is 4.74. The molecule has 7 N–H and O–H groups in total. The minimum absolute atomic E-state index is 0.0323. The molecule has 0 saturated carbocycles. The van der Waals surface area contributed by atoms with Gasteiger partial charge in [-0.1, -0.05) is 35.5 Å². The van der Waals surface area contributed by atoms with Crippen molar-refractivity contribution in [3.63, 3.8) is 0 Å². The Morgan fingerprint density at radius 1 is 1.16 bits per heavy atom. The molecule has 4 heterocycles. The highest BCUT2D eigenvalue weighted by atomic mass is 32.2. The number of hydrogen-bond acceptors (Lipinski definition) is 16. The highest BCUT2D eigenvalue weighted by molar-refractivity contribution is 7.88. The third-order valence-corrected chi connectivity index (χ3v) is 9.76. The van der Waals surface area contributed by atoms with E-state index >= 15 is 0 Å². The van der Waals surface area contributed by atoms with Gasteiger partial charge in [0.15, 0.2) is 16.6 Å². The van der Waals surface area contributed by atoms with Crippen LogP contribution in [0.3, 0.4) is 0 Å². The number of nitrogens with zero attached hydrogens (tertiary/aromatic N) is 5. The summed E-state index contributed by atoms with van der Waals surface area (Å²) in [7, 11) is -5.03. The fraction of sp³-hybridized carbons (Fsp3) is 0.300. The molecule has 5 rings (SSSR count). The SMILES string of the molecule is CC(C)(O/N=C(\C(=O)NC1CN(C(=O)NS(=O)(=O)N2CCN(NC(=O)c3cc(=O)c(O)c(C(F)F)[nH]3)C2=O)C1=O)c1csc(N)n1)C(=O)OCc1ccccc1. The maximum Gasteiger partial charge on any atom is 0.353 e. The molecule has 2 saturated heterocycles. The lowest BCUT2D eigenvalue weighted by molar-refractivity contribution is -0.169. The molecule has 2 fully saturated rings. The number of rotatable bonds is 13. The number of aromatic hydroxyl groups is 1. The van der Waals surface area contributed by atoms with Crippen LogP contribution in [0, 0.1) is 0 Å². The summed E-state index contributed by atoms with van der Waals surface area (Å²) in [5.74, 6) is -5.63. The van der Waals surface area contributed by atoms with Crippen LogP contribution >= 0.6 is 11.3 Å². The highest BCUT2D eigenvalue weighted by Gasteiger charge is 2.46. The molecule has 2 aliphatic rings. The van der Waals surface area contributed by atoms with Crippen LogP contribution in [-0.2, 0) is 40.8 Å². The van der Waals surface area contributed by atoms with Crippen molar-refractivity contribution < 1.29 is 60.6 Å². The number of anilines is 1. The van der Waals surface area contributed by atoms with Gasteiger partial charge in [-0.15, -0.1) is 11.3 Å². The van der Waals surface area contributed by atoms with Crippen LogP contribution in [0.4, 0.5) is 23.5 Å². The van der Waals surface area contributed by atoms with E-state index in [1.54, 1.807) is 30.3 Å². The Kier molecular flexibility index (Phi) is 11.5. The summed E-state index contributed by atoms with van der Waals surface area (Å²) < 4.78 is 59.0. The molecular formula is C30H30F2N10O12S2. The van der Waals surface area contributed by atoms with Gasteiger partial charge in [0.2, 0.25) is 11.0 Å². The number of β-lactam (4-membered cyclic amide) rings is 1. The van der Waals surface area contributed by atoms with Crippen LogP contribution < -0.4 is 26.6 Å². The van der Waals surface area contributed by atoms with Gasteiger partial charge in [0, 0.05) is 11.4 Å². The number of carbonyl (C=O) groups excluding carboxylic acids is 6. The smallest absolute Gasteiger partial charge is 0.353 e. The summed E-state index contributed by atoms with van der Waals surface area (Å²) in [5.41, 5.74) is 2.58. The maximum atomic E-state index is 13.3. The molecule has 1 aromatic carbocycles. The minimum Gasteiger partial charge on any atom is -0.503 e. The van der Waals surface area contributed by atoms with Gasteiger partial charge < -0.3 is 30.7 Å². The van der Waals surface area contributed by atoms with E-state index in [2.05, 4.69) is 15.5 Å². The summed E-state index contributed by atoms with van der Waals surface area (Å²) >= 11 is 0.935. The van der Waals surface area contributed by atoms with Crippen molar-refractivity contribution >= 4 is 68.1 Å². The predicted molar refractivity (Wildman–Crippen MR) is 186 cm³/mol. The van der Waals surface area contributed by atoms with Gasteiger partial charge in [-0.3, -0.25) is 29.5 Å². The van der Waals surface area contributed by atoms with Crippen LogP contribution in [0.15, 0.2) is 51.7 Å². The van der Waals surface area contributed by atoms with E-state index in [-0.39, 0.29) is 21.7 Å². The number of oxime groups is 1. The zero-order valence-electron chi connectivity index (χ0n) is 28.8. The Labute approximate surface area is 317 Å². The number of nitrogens with one attached hydrogen (secondary N) is 4. The highest BCUT2D eigenvalue weighted by Crippen LogP contribution is 2.23. The van der Waals surface area contributed by atoms with Gasteiger partial charge in [-0.2, -0.15) is 8.42 Å². The van der Waals surface area contributed by atoms with Crippen LogP contribution in [0.2, 0.25) is 0 Å². The van der Waals surface area contributed by atoms with Crippen LogP contribution in [0.1, 0.15) is 47.7 Å². The average molecular weight is 825 g/mol. The molecule has 1 atom stereocenters.